The Morgan fingerprint density at radius 3 is 2.27 bits per heavy atom. The lowest BCUT2D eigenvalue weighted by atomic mass is 10.2. The van der Waals surface area contributed by atoms with Crippen molar-refractivity contribution in [2.75, 3.05) is 18.9 Å². The van der Waals surface area contributed by atoms with Crippen molar-refractivity contribution in [3.63, 3.8) is 0 Å². The number of pyridine rings is 1. The molecule has 0 amide bonds. The first-order chi connectivity index (χ1) is 17.7. The molecule has 0 fully saturated rings. The van der Waals surface area contributed by atoms with E-state index in [0.29, 0.717) is 11.6 Å². The molecule has 11 nitrogen and oxygen atoms in total. The first kappa shape index (κ1) is 26.7. The van der Waals surface area contributed by atoms with Gasteiger partial charge in [-0.2, -0.15) is 0 Å². The molecule has 4 rings (SSSR count). The van der Waals surface area contributed by atoms with Gasteiger partial charge < -0.3 is 9.47 Å². The van der Waals surface area contributed by atoms with Crippen molar-refractivity contribution in [3.8, 4) is 23.1 Å². The van der Waals surface area contributed by atoms with Crippen LogP contribution in [0.25, 0.3) is 17.2 Å². The molecule has 4 aromatic rings. The maximum absolute atomic E-state index is 13.5. The molecule has 0 radical (unpaired) electrons. The average Bonchev–Trinajstić information content (AvgIpc) is 3.27. The van der Waals surface area contributed by atoms with Gasteiger partial charge in [-0.25, -0.2) is 23.4 Å². The quantitative estimate of drug-likeness (QED) is 0.316. The van der Waals surface area contributed by atoms with Crippen LogP contribution in [0.15, 0.2) is 48.8 Å². The smallest absolute Gasteiger partial charge is 0.243 e. The molecule has 0 saturated carbocycles. The third-order valence-electron chi connectivity index (χ3n) is 5.44. The molecule has 0 aliphatic rings. The number of nitrogens with zero attached hydrogens (tertiary/aromatic N) is 6. The second-order valence-corrected chi connectivity index (χ2v) is 10.8. The molecule has 194 valence electrons. The molecule has 0 unspecified atom stereocenters. The minimum absolute atomic E-state index is 0.152. The largest absolute Gasteiger partial charge is 0.481 e. The molecule has 1 aromatic carbocycles. The number of ether oxygens (including phenoxy) is 2. The molecule has 14 heteroatoms. The molecule has 3 aromatic heterocycles. The Hall–Kier alpha value is -3.32. The molecule has 1 N–H and O–H groups in total. The van der Waals surface area contributed by atoms with Crippen LogP contribution in [0.1, 0.15) is 24.4 Å². The lowest BCUT2D eigenvalue weighted by molar-refractivity contribution is 0.0949. The van der Waals surface area contributed by atoms with Crippen LogP contribution >= 0.6 is 23.2 Å². The predicted molar refractivity (Wildman–Crippen MR) is 140 cm³/mol. The van der Waals surface area contributed by atoms with Crippen molar-refractivity contribution in [2.24, 2.45) is 0 Å². The van der Waals surface area contributed by atoms with Gasteiger partial charge in [0.25, 0.3) is 0 Å². The zero-order valence-corrected chi connectivity index (χ0v) is 22.6. The molecule has 37 heavy (non-hydrogen) atoms. The number of para-hydroxylation sites is 1. The van der Waals surface area contributed by atoms with E-state index < -0.39 is 21.4 Å². The fourth-order valence-electron chi connectivity index (χ4n) is 3.52. The SMILES string of the molecule is COc1cccc(-c2nnc(NS(=O)(=O)[C@@H](C)[C@H](OC)c3ncc(C)cn3)n2-c2c(Cl)cccc2Cl)n1. The number of halogens is 2. The standard InChI is InChI=1S/C23H23Cl2N7O4S/c1-13-11-26-21(27-12-13)20(36-4)14(2)37(33,34)31-23-30-29-22(17-9-6-10-18(28-17)35-3)32(23)19-15(24)7-5-8-16(19)25/h5-12,14,20H,1-4H3,(H,30,31)/t14-,20-/m0/s1. The van der Waals surface area contributed by atoms with Crippen molar-refractivity contribution in [2.45, 2.75) is 25.2 Å². The first-order valence-electron chi connectivity index (χ1n) is 10.9. The van der Waals surface area contributed by atoms with E-state index in [4.69, 9.17) is 32.7 Å². The minimum Gasteiger partial charge on any atom is -0.481 e. The van der Waals surface area contributed by atoms with E-state index in [-0.39, 0.29) is 33.3 Å². The van der Waals surface area contributed by atoms with Gasteiger partial charge in [0.05, 0.1) is 22.8 Å². The summed E-state index contributed by atoms with van der Waals surface area (Å²) < 4.78 is 41.6. The van der Waals surface area contributed by atoms with Crippen molar-refractivity contribution >= 4 is 39.2 Å². The van der Waals surface area contributed by atoms with Crippen LogP contribution in [-0.4, -0.2) is 57.6 Å². The summed E-state index contributed by atoms with van der Waals surface area (Å²) in [4.78, 5) is 12.8. The highest BCUT2D eigenvalue weighted by molar-refractivity contribution is 7.93. The van der Waals surface area contributed by atoms with Gasteiger partial charge in [0.15, 0.2) is 11.6 Å². The van der Waals surface area contributed by atoms with Crippen LogP contribution in [0.2, 0.25) is 10.0 Å². The van der Waals surface area contributed by atoms with Gasteiger partial charge in [0.1, 0.15) is 17.0 Å². The lowest BCUT2D eigenvalue weighted by Crippen LogP contribution is -2.33. The van der Waals surface area contributed by atoms with Gasteiger partial charge in [-0.3, -0.25) is 9.29 Å². The molecule has 0 spiro atoms. The van der Waals surface area contributed by atoms with E-state index >= 15 is 0 Å². The third-order valence-corrected chi connectivity index (χ3v) is 7.75. The Kier molecular flexibility index (Phi) is 7.93. The monoisotopic (exact) mass is 563 g/mol. The van der Waals surface area contributed by atoms with Gasteiger partial charge in [0.2, 0.25) is 21.9 Å². The summed E-state index contributed by atoms with van der Waals surface area (Å²) in [6, 6.07) is 9.94. The molecule has 3 heterocycles. The van der Waals surface area contributed by atoms with Crippen LogP contribution in [0.4, 0.5) is 5.95 Å². The summed E-state index contributed by atoms with van der Waals surface area (Å²) in [6.07, 6.45) is 2.22. The molecule has 0 aliphatic carbocycles. The second kappa shape index (κ2) is 11.0. The molecular weight excluding hydrogens is 541 g/mol. The van der Waals surface area contributed by atoms with Gasteiger partial charge in [-0.15, -0.1) is 10.2 Å². The van der Waals surface area contributed by atoms with E-state index in [1.165, 1.54) is 25.7 Å². The van der Waals surface area contributed by atoms with E-state index in [1.54, 1.807) is 48.8 Å². The lowest BCUT2D eigenvalue weighted by Gasteiger charge is -2.22. The van der Waals surface area contributed by atoms with E-state index in [0.717, 1.165) is 5.56 Å². The zero-order valence-electron chi connectivity index (χ0n) is 20.3. The second-order valence-electron chi connectivity index (χ2n) is 7.95. The zero-order chi connectivity index (χ0) is 26.7. The number of nitrogens with one attached hydrogen (secondary N) is 1. The Bertz CT molecular complexity index is 1490. The Morgan fingerprint density at radius 2 is 1.65 bits per heavy atom. The number of benzene rings is 1. The van der Waals surface area contributed by atoms with Crippen LogP contribution in [-0.2, 0) is 14.8 Å². The molecular formula is C23H23Cl2N7O4S. The fourth-order valence-corrected chi connectivity index (χ4v) is 5.22. The first-order valence-corrected chi connectivity index (χ1v) is 13.2. The van der Waals surface area contributed by atoms with E-state index in [9.17, 15) is 8.42 Å². The molecule has 0 aliphatic heterocycles. The van der Waals surface area contributed by atoms with Gasteiger partial charge in [-0.1, -0.05) is 35.3 Å². The summed E-state index contributed by atoms with van der Waals surface area (Å²) >= 11 is 13.0. The summed E-state index contributed by atoms with van der Waals surface area (Å²) in [6.45, 7) is 3.31. The molecule has 0 saturated heterocycles. The number of anilines is 1. The highest BCUT2D eigenvalue weighted by Gasteiger charge is 2.35. The number of aryl methyl sites for hydroxylation is 1. The summed E-state index contributed by atoms with van der Waals surface area (Å²) in [5.41, 5.74) is 1.45. The molecule has 0 bridgehead atoms. The van der Waals surface area contributed by atoms with Crippen LogP contribution in [0.3, 0.4) is 0 Å². The normalized spacial score (nSPS) is 13.2. The van der Waals surface area contributed by atoms with Crippen molar-refractivity contribution in [1.82, 2.24) is 29.7 Å². The van der Waals surface area contributed by atoms with Gasteiger partial charge in [0, 0.05) is 25.6 Å². The van der Waals surface area contributed by atoms with Crippen LogP contribution in [0, 0.1) is 6.92 Å². The maximum atomic E-state index is 13.5. The maximum Gasteiger partial charge on any atom is 0.243 e. The highest BCUT2D eigenvalue weighted by atomic mass is 35.5. The fraction of sp³-hybridized carbons (Fsp3) is 0.261. The summed E-state index contributed by atoms with van der Waals surface area (Å²) in [5.74, 6) is 0.586. The summed E-state index contributed by atoms with van der Waals surface area (Å²) in [7, 11) is -1.26. The Labute approximate surface area is 223 Å². The van der Waals surface area contributed by atoms with E-state index in [1.807, 2.05) is 6.92 Å². The highest BCUT2D eigenvalue weighted by Crippen LogP contribution is 2.35. The van der Waals surface area contributed by atoms with Gasteiger partial charge >= 0.3 is 0 Å². The number of aromatic nitrogens is 6. The number of methoxy groups -OCH3 is 2. The van der Waals surface area contributed by atoms with E-state index in [2.05, 4.69) is 29.9 Å². The number of rotatable bonds is 9. The summed E-state index contributed by atoms with van der Waals surface area (Å²) in [5, 5.41) is 7.65. The predicted octanol–water partition coefficient (Wildman–Crippen LogP) is 4.26. The number of hydrogen-bond acceptors (Lipinski definition) is 9. The number of hydrogen-bond donors (Lipinski definition) is 1. The number of sulfonamides is 1. The minimum atomic E-state index is -4.13. The van der Waals surface area contributed by atoms with Crippen molar-refractivity contribution in [1.29, 1.82) is 0 Å². The topological polar surface area (TPSA) is 134 Å². The Morgan fingerprint density at radius 1 is 1.00 bits per heavy atom. The Balaban J connectivity index is 1.81. The third kappa shape index (κ3) is 5.52. The average molecular weight is 564 g/mol. The molecule has 2 atom stereocenters. The van der Waals surface area contributed by atoms with Crippen molar-refractivity contribution in [3.05, 3.63) is 70.2 Å². The van der Waals surface area contributed by atoms with Crippen molar-refractivity contribution < 1.29 is 17.9 Å². The van der Waals surface area contributed by atoms with Crippen LogP contribution in [0.5, 0.6) is 5.88 Å². The van der Waals surface area contributed by atoms with Crippen LogP contribution < -0.4 is 9.46 Å². The van der Waals surface area contributed by atoms with Gasteiger partial charge in [-0.05, 0) is 37.6 Å².